The number of aromatic nitrogens is 2. The molecule has 0 radical (unpaired) electrons. The summed E-state index contributed by atoms with van der Waals surface area (Å²) in [6.45, 7) is 8.39. The molecule has 0 saturated heterocycles. The van der Waals surface area contributed by atoms with Crippen molar-refractivity contribution >= 4 is 29.5 Å². The minimum atomic E-state index is -1.30. The molecule has 0 saturated carbocycles. The van der Waals surface area contributed by atoms with Gasteiger partial charge in [-0.2, -0.15) is 0 Å². The number of nitrogens with one attached hydrogen (secondary N) is 5. The molecule has 0 spiro atoms. The zero-order valence-electron chi connectivity index (χ0n) is 23.9. The maximum atomic E-state index is 13.4. The van der Waals surface area contributed by atoms with Gasteiger partial charge in [-0.25, -0.2) is 10.9 Å². The van der Waals surface area contributed by atoms with Crippen LogP contribution in [0.2, 0.25) is 0 Å². The van der Waals surface area contributed by atoms with E-state index >= 15 is 0 Å². The first-order valence-electron chi connectivity index (χ1n) is 13.3. The molecule has 226 valence electrons. The average Bonchev–Trinajstić information content (AvgIpc) is 3.41. The smallest absolute Gasteiger partial charge is 0.245 e. The lowest BCUT2D eigenvalue weighted by Gasteiger charge is -2.30. The summed E-state index contributed by atoms with van der Waals surface area (Å²) in [5, 5.41) is 20.0. The first-order valence-corrected chi connectivity index (χ1v) is 13.3. The fraction of sp³-hybridized carbons (Fsp3) is 0.680. The van der Waals surface area contributed by atoms with Crippen molar-refractivity contribution in [3.63, 3.8) is 0 Å². The van der Waals surface area contributed by atoms with E-state index in [9.17, 15) is 29.1 Å². The number of aromatic amines is 1. The van der Waals surface area contributed by atoms with Crippen molar-refractivity contribution in [2.75, 3.05) is 26.3 Å². The molecule has 8 N–H and O–H groups in total. The number of hydrogen-bond donors (Lipinski definition) is 7. The van der Waals surface area contributed by atoms with Crippen LogP contribution in [-0.2, 0) is 35.2 Å². The minimum Gasteiger partial charge on any atom is -0.394 e. The third-order valence-electron chi connectivity index (χ3n) is 6.00. The van der Waals surface area contributed by atoms with E-state index < -0.39 is 54.4 Å². The van der Waals surface area contributed by atoms with Crippen LogP contribution in [0.4, 0.5) is 0 Å². The fourth-order valence-electron chi connectivity index (χ4n) is 3.92. The van der Waals surface area contributed by atoms with Crippen LogP contribution < -0.4 is 27.2 Å². The first-order chi connectivity index (χ1) is 18.9. The van der Waals surface area contributed by atoms with Gasteiger partial charge in [-0.3, -0.25) is 24.0 Å². The Morgan fingerprint density at radius 3 is 2.17 bits per heavy atom. The number of aliphatic hydroxyl groups excluding tert-OH is 1. The van der Waals surface area contributed by atoms with E-state index in [-0.39, 0.29) is 37.8 Å². The lowest BCUT2D eigenvalue weighted by atomic mass is 10.0. The van der Waals surface area contributed by atoms with E-state index in [1.54, 1.807) is 6.92 Å². The Balaban J connectivity index is 3.09. The number of rotatable bonds is 18. The quantitative estimate of drug-likeness (QED) is 0.0775. The molecule has 1 rings (SSSR count). The minimum absolute atomic E-state index is 0.00533. The molecule has 1 aromatic rings. The summed E-state index contributed by atoms with van der Waals surface area (Å²) in [6.07, 6.45) is 3.81. The lowest BCUT2D eigenvalue weighted by Crippen LogP contribution is -2.59. The topological polar surface area (TPSA) is 221 Å². The highest BCUT2D eigenvalue weighted by atomic mass is 16.6. The second-order valence-electron chi connectivity index (χ2n) is 9.83. The number of imidazole rings is 1. The van der Waals surface area contributed by atoms with Crippen molar-refractivity contribution in [3.05, 3.63) is 18.2 Å². The highest BCUT2D eigenvalue weighted by molar-refractivity contribution is 5.95. The molecular weight excluding hydrogens is 524 g/mol. The molecule has 0 aromatic carbocycles. The highest BCUT2D eigenvalue weighted by Gasteiger charge is 2.32. The number of nitrogens with two attached hydrogens (primary N) is 1. The van der Waals surface area contributed by atoms with Gasteiger partial charge in [0.05, 0.1) is 19.5 Å². The van der Waals surface area contributed by atoms with Gasteiger partial charge < -0.3 is 41.1 Å². The van der Waals surface area contributed by atoms with Crippen LogP contribution in [0, 0.1) is 5.92 Å². The molecule has 0 aliphatic carbocycles. The van der Waals surface area contributed by atoms with E-state index in [2.05, 4.69) is 36.1 Å². The molecule has 15 heteroatoms. The largest absolute Gasteiger partial charge is 0.394 e. The molecule has 4 unspecified atom stereocenters. The second kappa shape index (κ2) is 17.9. The van der Waals surface area contributed by atoms with E-state index in [4.69, 9.17) is 5.90 Å². The molecule has 1 heterocycles. The Bertz CT molecular complexity index is 957. The maximum Gasteiger partial charge on any atom is 0.245 e. The van der Waals surface area contributed by atoms with Gasteiger partial charge in [0.15, 0.2) is 0 Å². The van der Waals surface area contributed by atoms with Crippen molar-refractivity contribution < 1.29 is 33.9 Å². The Kier molecular flexibility index (Phi) is 15.4. The van der Waals surface area contributed by atoms with Crippen LogP contribution in [0.1, 0.15) is 53.2 Å². The lowest BCUT2D eigenvalue weighted by molar-refractivity contribution is -0.140. The zero-order valence-corrected chi connectivity index (χ0v) is 23.9. The Labute approximate surface area is 234 Å². The van der Waals surface area contributed by atoms with Crippen molar-refractivity contribution in [2.45, 2.75) is 78.0 Å². The Morgan fingerprint density at radius 1 is 1.02 bits per heavy atom. The van der Waals surface area contributed by atoms with Crippen molar-refractivity contribution in [2.24, 2.45) is 11.8 Å². The summed E-state index contributed by atoms with van der Waals surface area (Å²) in [5.74, 6) is 2.15. The van der Waals surface area contributed by atoms with Crippen LogP contribution in [0.3, 0.4) is 0 Å². The van der Waals surface area contributed by atoms with Gasteiger partial charge in [0.1, 0.15) is 24.2 Å². The SMILES string of the molecule is CCCN(C(C)=O)C(C)C(=O)NC(CC(C)C)C(=O)NC(Cc1cnc[nH]1)C(=O)NC(CO)C(=O)NCCON. The average molecular weight is 569 g/mol. The Hall–Kier alpha value is -3.56. The highest BCUT2D eigenvalue weighted by Crippen LogP contribution is 2.09. The van der Waals surface area contributed by atoms with Gasteiger partial charge >= 0.3 is 0 Å². The predicted molar refractivity (Wildman–Crippen MR) is 145 cm³/mol. The third-order valence-corrected chi connectivity index (χ3v) is 6.00. The van der Waals surface area contributed by atoms with Gasteiger partial charge in [0.2, 0.25) is 29.5 Å². The first kappa shape index (κ1) is 34.5. The maximum absolute atomic E-state index is 13.4. The van der Waals surface area contributed by atoms with E-state index in [1.807, 2.05) is 20.8 Å². The number of aliphatic hydroxyl groups is 1. The molecular formula is C25H44N8O7. The van der Waals surface area contributed by atoms with Gasteiger partial charge in [-0.15, -0.1) is 0 Å². The zero-order chi connectivity index (χ0) is 30.2. The van der Waals surface area contributed by atoms with Crippen molar-refractivity contribution in [1.82, 2.24) is 36.1 Å². The molecule has 15 nitrogen and oxygen atoms in total. The van der Waals surface area contributed by atoms with Gasteiger partial charge in [-0.1, -0.05) is 20.8 Å². The predicted octanol–water partition coefficient (Wildman–Crippen LogP) is -1.90. The van der Waals surface area contributed by atoms with Gasteiger partial charge in [-0.05, 0) is 25.7 Å². The van der Waals surface area contributed by atoms with Crippen LogP contribution in [0.25, 0.3) is 0 Å². The number of carbonyl (C=O) groups excluding carboxylic acids is 5. The van der Waals surface area contributed by atoms with E-state index in [0.717, 1.165) is 0 Å². The van der Waals surface area contributed by atoms with Crippen LogP contribution in [0.15, 0.2) is 12.5 Å². The van der Waals surface area contributed by atoms with Crippen molar-refractivity contribution in [3.8, 4) is 0 Å². The normalized spacial score (nSPS) is 14.0. The third kappa shape index (κ3) is 11.7. The summed E-state index contributed by atoms with van der Waals surface area (Å²) in [7, 11) is 0. The Morgan fingerprint density at radius 2 is 1.65 bits per heavy atom. The molecule has 1 aromatic heterocycles. The van der Waals surface area contributed by atoms with Crippen LogP contribution >= 0.6 is 0 Å². The molecule has 0 bridgehead atoms. The van der Waals surface area contributed by atoms with E-state index in [0.29, 0.717) is 18.7 Å². The molecule has 0 aliphatic rings. The van der Waals surface area contributed by atoms with E-state index in [1.165, 1.54) is 24.3 Å². The van der Waals surface area contributed by atoms with Gasteiger partial charge in [0, 0.05) is 38.3 Å². The summed E-state index contributed by atoms with van der Waals surface area (Å²) in [4.78, 5) is 76.6. The summed E-state index contributed by atoms with van der Waals surface area (Å²) >= 11 is 0. The van der Waals surface area contributed by atoms with Crippen molar-refractivity contribution in [1.29, 1.82) is 0 Å². The summed E-state index contributed by atoms with van der Waals surface area (Å²) in [6, 6.07) is -4.29. The number of hydrogen-bond acceptors (Lipinski definition) is 9. The number of H-pyrrole nitrogens is 1. The molecule has 4 atom stereocenters. The number of carbonyl (C=O) groups is 5. The monoisotopic (exact) mass is 568 g/mol. The fourth-order valence-corrected chi connectivity index (χ4v) is 3.92. The number of amides is 5. The second-order valence-corrected chi connectivity index (χ2v) is 9.83. The summed E-state index contributed by atoms with van der Waals surface area (Å²) < 4.78 is 0. The van der Waals surface area contributed by atoms with Crippen LogP contribution in [-0.4, -0.2) is 100.0 Å². The molecule has 5 amide bonds. The molecule has 40 heavy (non-hydrogen) atoms. The van der Waals surface area contributed by atoms with Gasteiger partial charge in [0.25, 0.3) is 0 Å². The summed E-state index contributed by atoms with van der Waals surface area (Å²) in [5.41, 5.74) is 0.528. The molecule has 0 aliphatic heterocycles. The van der Waals surface area contributed by atoms with Crippen LogP contribution in [0.5, 0.6) is 0 Å². The molecule has 0 fully saturated rings. The standard InChI is InChI=1S/C25H44N8O7/c1-6-8-33(17(5)35)16(4)22(36)30-19(10-15(2)3)24(38)31-20(11-18-12-27-14-29-18)25(39)32-21(13-34)23(37)28-7-9-40-26/h12,14-16,19-21,34H,6-11,13,26H2,1-5H3,(H,27,29)(H,28,37)(H,30,36)(H,31,38)(H,32,39). The number of nitrogens with zero attached hydrogens (tertiary/aromatic N) is 2.